The second-order valence-corrected chi connectivity index (χ2v) is 23.3. The van der Waals surface area contributed by atoms with Crippen LogP contribution in [-0.2, 0) is 26.5 Å². The summed E-state index contributed by atoms with van der Waals surface area (Å²) in [5, 5.41) is 4.66. The molecule has 5 nitrogen and oxygen atoms in total. The molecule has 4 heterocycles. The van der Waals surface area contributed by atoms with E-state index in [0.717, 1.165) is 55.7 Å². The molecule has 1 atom stereocenters. The second kappa shape index (κ2) is 19.0. The monoisotopic (exact) mass is 1150 g/mol. The summed E-state index contributed by atoms with van der Waals surface area (Å²) in [6, 6.07) is 64.6. The van der Waals surface area contributed by atoms with Gasteiger partial charge in [0.1, 0.15) is 5.65 Å². The predicted molar refractivity (Wildman–Crippen MR) is 309 cm³/mol. The van der Waals surface area contributed by atoms with E-state index in [-0.39, 0.29) is 50.2 Å². The van der Waals surface area contributed by atoms with Crippen LogP contribution in [0.5, 0.6) is 0 Å². The molecule has 0 saturated heterocycles. The van der Waals surface area contributed by atoms with Gasteiger partial charge >= 0.3 is 21.1 Å². The average molecular weight is 1150 g/mol. The third-order valence-corrected chi connectivity index (χ3v) is 16.2. The van der Waals surface area contributed by atoms with Crippen LogP contribution in [0, 0.1) is 19.1 Å². The zero-order valence-corrected chi connectivity index (χ0v) is 47.6. The van der Waals surface area contributed by atoms with Crippen molar-refractivity contribution < 1.29 is 21.1 Å². The molecule has 6 heteroatoms. The van der Waals surface area contributed by atoms with Crippen LogP contribution in [-0.4, -0.2) is 31.0 Å². The number of aliphatic imine (C=N–C) groups is 1. The van der Waals surface area contributed by atoms with Crippen LogP contribution < -0.4 is 4.90 Å². The molecule has 10 aromatic rings. The zero-order chi connectivity index (χ0) is 51.3. The van der Waals surface area contributed by atoms with E-state index >= 15 is 0 Å². The van der Waals surface area contributed by atoms with E-state index in [1.54, 1.807) is 0 Å². The first-order valence-corrected chi connectivity index (χ1v) is 26.4. The van der Waals surface area contributed by atoms with Gasteiger partial charge in [0, 0.05) is 34.1 Å². The van der Waals surface area contributed by atoms with Crippen LogP contribution in [0.3, 0.4) is 0 Å². The number of hydrogen-bond donors (Lipinski definition) is 0. The quantitative estimate of drug-likeness (QED) is 0.128. The minimum atomic E-state index is -0.599. The predicted octanol–water partition coefficient (Wildman–Crippen LogP) is 17.5. The molecular weight excluding hydrogens is 1080 g/mol. The van der Waals surface area contributed by atoms with Crippen molar-refractivity contribution in [3.05, 3.63) is 214 Å². The van der Waals surface area contributed by atoms with Gasteiger partial charge in [-0.25, -0.2) is 4.98 Å². The normalized spacial score (nSPS) is 16.0. The van der Waals surface area contributed by atoms with Crippen molar-refractivity contribution in [2.75, 3.05) is 4.90 Å². The molecule has 0 N–H and O–H groups in total. The van der Waals surface area contributed by atoms with E-state index in [4.69, 9.17) is 9.98 Å². The minimum absolute atomic E-state index is 0. The summed E-state index contributed by atoms with van der Waals surface area (Å²) < 4.78 is 4.70. The topological polar surface area (TPSA) is 38.4 Å². The number of nitrogens with zero attached hydrogens (tertiary/aromatic N) is 5. The standard InChI is InChI=1S/C68H69N5.Pt/c1-42(2)48-37-49(64-70-67(11,12)68(13,62(46-22-16-14-17-23-46)47-24-18-15-19-25-47)73(64)63-53(43(3)4)26-20-27-54(63)44(5)6)39-52(38-48)71-59-33-29-45(7)36-57(59)55-32-31-51(41-61(55)71)72-60-34-30-50(66(8,9)10)40-58(60)56-28-21-35-69-65(56)72;/h14-38,40,42-44,62H,1-13H3;/q-2;+2/t68-;/m0./s1. The molecule has 0 fully saturated rings. The van der Waals surface area contributed by atoms with E-state index in [1.807, 2.05) is 12.3 Å². The van der Waals surface area contributed by atoms with Crippen LogP contribution in [0.2, 0.25) is 0 Å². The van der Waals surface area contributed by atoms with Gasteiger partial charge in [-0.15, -0.1) is 46.8 Å². The summed E-state index contributed by atoms with van der Waals surface area (Å²) in [7, 11) is 0. The first-order chi connectivity index (χ1) is 34.9. The Balaban J connectivity index is 0.00000626. The van der Waals surface area contributed by atoms with E-state index in [0.29, 0.717) is 0 Å². The number of benzene rings is 7. The van der Waals surface area contributed by atoms with E-state index in [9.17, 15) is 0 Å². The molecular formula is C68H69N5Pt. The van der Waals surface area contributed by atoms with Crippen LogP contribution in [0.1, 0.15) is 151 Å². The van der Waals surface area contributed by atoms with Gasteiger partial charge in [0.05, 0.1) is 22.4 Å². The zero-order valence-electron chi connectivity index (χ0n) is 45.4. The number of rotatable bonds is 10. The average Bonchev–Trinajstić information content (AvgIpc) is 3.95. The molecule has 0 saturated carbocycles. The number of para-hydroxylation sites is 1. The van der Waals surface area contributed by atoms with Crippen molar-refractivity contribution in [2.45, 2.75) is 130 Å². The Morgan fingerprint density at radius 1 is 0.541 bits per heavy atom. The van der Waals surface area contributed by atoms with Crippen LogP contribution in [0.15, 0.2) is 163 Å². The van der Waals surface area contributed by atoms with Gasteiger partial charge < -0.3 is 19.0 Å². The molecule has 376 valence electrons. The Kier molecular flexibility index (Phi) is 13.1. The number of fused-ring (bicyclic) bond motifs is 6. The van der Waals surface area contributed by atoms with Gasteiger partial charge in [-0.3, -0.25) is 0 Å². The van der Waals surface area contributed by atoms with Gasteiger partial charge in [-0.05, 0) is 120 Å². The number of pyridine rings is 1. The summed E-state index contributed by atoms with van der Waals surface area (Å²) in [5.41, 5.74) is 16.0. The Morgan fingerprint density at radius 2 is 1.16 bits per heavy atom. The molecule has 11 rings (SSSR count). The van der Waals surface area contributed by atoms with E-state index < -0.39 is 11.1 Å². The summed E-state index contributed by atoms with van der Waals surface area (Å²) in [4.78, 5) is 13.8. The van der Waals surface area contributed by atoms with Gasteiger partial charge in [-0.1, -0.05) is 176 Å². The molecule has 0 spiro atoms. The van der Waals surface area contributed by atoms with Crippen molar-refractivity contribution in [1.29, 1.82) is 0 Å². The molecule has 0 bridgehead atoms. The second-order valence-electron chi connectivity index (χ2n) is 23.3. The van der Waals surface area contributed by atoms with Crippen LogP contribution in [0.25, 0.3) is 55.1 Å². The molecule has 7 aromatic carbocycles. The fourth-order valence-corrected chi connectivity index (χ4v) is 12.0. The third-order valence-electron chi connectivity index (χ3n) is 16.2. The molecule has 3 aromatic heterocycles. The van der Waals surface area contributed by atoms with E-state index in [1.165, 1.54) is 55.4 Å². The first-order valence-electron chi connectivity index (χ1n) is 26.4. The maximum Gasteiger partial charge on any atom is 2.00 e. The Hall–Kier alpha value is -6.55. The smallest absolute Gasteiger partial charge is 0.357 e. The minimum Gasteiger partial charge on any atom is -0.357 e. The third kappa shape index (κ3) is 8.26. The van der Waals surface area contributed by atoms with Crippen molar-refractivity contribution >= 4 is 55.3 Å². The SMILES string of the molecule is Cc1ccc2c(c1)c1ccc(-n3c4ccc(C(C)(C)C)cc4c4cccnc43)[c-]c1n2-c1[c-]c(C2=NC(C)(C)[C@](C)(C(c3ccccc3)c3ccccc3)N2c2c(C(C)C)cccc2C(C)C)cc(C(C)C)c1.[Pt+2]. The molecule has 0 aliphatic carbocycles. The first kappa shape index (κ1) is 51.0. The number of anilines is 1. The fourth-order valence-electron chi connectivity index (χ4n) is 12.0. The van der Waals surface area contributed by atoms with Crippen molar-refractivity contribution in [2.24, 2.45) is 4.99 Å². The van der Waals surface area contributed by atoms with Crippen molar-refractivity contribution in [1.82, 2.24) is 14.1 Å². The molecule has 74 heavy (non-hydrogen) atoms. The Labute approximate surface area is 453 Å². The number of aryl methyl sites for hydroxylation is 1. The summed E-state index contributed by atoms with van der Waals surface area (Å²) in [5.74, 6) is 1.62. The molecule has 1 aliphatic heterocycles. The largest absolute Gasteiger partial charge is 2.00 e. The van der Waals surface area contributed by atoms with Gasteiger partial charge in [0.2, 0.25) is 0 Å². The summed E-state index contributed by atoms with van der Waals surface area (Å²) >= 11 is 0. The summed E-state index contributed by atoms with van der Waals surface area (Å²) in [6.07, 6.45) is 1.90. The van der Waals surface area contributed by atoms with Crippen LogP contribution in [0.4, 0.5) is 5.69 Å². The molecule has 0 amide bonds. The van der Waals surface area contributed by atoms with Gasteiger partial charge in [-0.2, -0.15) is 6.07 Å². The van der Waals surface area contributed by atoms with Gasteiger partial charge in [0.15, 0.2) is 0 Å². The number of aromatic nitrogens is 3. The maximum absolute atomic E-state index is 6.04. The Morgan fingerprint density at radius 3 is 1.78 bits per heavy atom. The van der Waals surface area contributed by atoms with Crippen LogP contribution >= 0.6 is 0 Å². The van der Waals surface area contributed by atoms with E-state index in [2.05, 4.69) is 262 Å². The molecule has 0 unspecified atom stereocenters. The van der Waals surface area contributed by atoms with Crippen molar-refractivity contribution in [3.63, 3.8) is 0 Å². The fraction of sp³-hybridized carbons (Fsp3) is 0.294. The van der Waals surface area contributed by atoms with Gasteiger partial charge in [0.25, 0.3) is 0 Å². The number of amidine groups is 1. The number of hydrogen-bond acceptors (Lipinski definition) is 3. The summed E-state index contributed by atoms with van der Waals surface area (Å²) in [6.45, 7) is 30.1. The van der Waals surface area contributed by atoms with Crippen molar-refractivity contribution in [3.8, 4) is 11.4 Å². The Bertz CT molecular complexity index is 3710. The molecule has 1 aliphatic rings. The maximum atomic E-state index is 6.04. The molecule has 0 radical (unpaired) electrons.